The van der Waals surface area contributed by atoms with Crippen LogP contribution in [0.4, 0.5) is 9.59 Å². The van der Waals surface area contributed by atoms with Gasteiger partial charge in [-0.25, -0.2) is 19.4 Å². The van der Waals surface area contributed by atoms with Gasteiger partial charge in [-0.1, -0.05) is 0 Å². The Morgan fingerprint density at radius 3 is 1.41 bits per heavy atom. The topological polar surface area (TPSA) is 93.2 Å². The molecule has 0 bridgehead atoms. The summed E-state index contributed by atoms with van der Waals surface area (Å²) >= 11 is 0. The average molecular weight is 304 g/mol. The number of hydrogen-bond donors (Lipinski definition) is 0. The first-order valence-corrected chi connectivity index (χ1v) is 6.65. The van der Waals surface area contributed by atoms with Crippen molar-refractivity contribution < 1.29 is 28.7 Å². The van der Waals surface area contributed by atoms with E-state index in [1.807, 2.05) is 0 Å². The number of cyclic esters (lactones) is 2. The summed E-state index contributed by atoms with van der Waals surface area (Å²) < 4.78 is 9.41. The number of carbonyl (C=O) groups excluding carboxylic acids is 4. The van der Waals surface area contributed by atoms with Crippen LogP contribution in [-0.4, -0.2) is 60.1 Å². The van der Waals surface area contributed by atoms with Crippen molar-refractivity contribution in [3.63, 3.8) is 0 Å². The summed E-state index contributed by atoms with van der Waals surface area (Å²) in [5.74, 6) is -0.968. The molecule has 0 spiro atoms. The molecule has 0 N–H and O–H groups in total. The van der Waals surface area contributed by atoms with Gasteiger partial charge in [0.05, 0.1) is 13.1 Å². The highest BCUT2D eigenvalue weighted by Gasteiger charge is 2.31. The SMILES string of the molecule is O=C1OCCN1C(=O)c1ccc(C(=O)N2CCOC2=O)cc1. The predicted molar refractivity (Wildman–Crippen MR) is 71.2 cm³/mol. The Labute approximate surface area is 125 Å². The third kappa shape index (κ3) is 2.39. The predicted octanol–water partition coefficient (Wildman–Crippen LogP) is 0.871. The summed E-state index contributed by atoms with van der Waals surface area (Å²) in [6.45, 7) is 0.770. The molecule has 2 fully saturated rings. The van der Waals surface area contributed by atoms with Gasteiger partial charge >= 0.3 is 12.2 Å². The van der Waals surface area contributed by atoms with E-state index >= 15 is 0 Å². The van der Waals surface area contributed by atoms with Gasteiger partial charge in [-0.15, -0.1) is 0 Å². The van der Waals surface area contributed by atoms with E-state index in [1.54, 1.807) is 0 Å². The van der Waals surface area contributed by atoms with Crippen molar-refractivity contribution in [2.75, 3.05) is 26.3 Å². The fourth-order valence-corrected chi connectivity index (χ4v) is 2.22. The minimum atomic E-state index is -0.676. The molecule has 2 saturated heterocycles. The second-order valence-corrected chi connectivity index (χ2v) is 4.72. The molecule has 8 nitrogen and oxygen atoms in total. The van der Waals surface area contributed by atoms with Gasteiger partial charge in [0.25, 0.3) is 11.8 Å². The number of amides is 4. The summed E-state index contributed by atoms with van der Waals surface area (Å²) in [5.41, 5.74) is 0.527. The number of carbonyl (C=O) groups is 4. The summed E-state index contributed by atoms with van der Waals surface area (Å²) in [5, 5.41) is 0. The van der Waals surface area contributed by atoms with Crippen LogP contribution in [0.15, 0.2) is 24.3 Å². The Kier molecular flexibility index (Phi) is 3.50. The van der Waals surface area contributed by atoms with E-state index in [2.05, 4.69) is 0 Å². The average Bonchev–Trinajstić information content (AvgIpc) is 3.14. The van der Waals surface area contributed by atoms with Crippen LogP contribution in [0.25, 0.3) is 0 Å². The van der Waals surface area contributed by atoms with Crippen LogP contribution in [0, 0.1) is 0 Å². The summed E-state index contributed by atoms with van der Waals surface area (Å²) in [4.78, 5) is 48.9. The number of imide groups is 2. The van der Waals surface area contributed by atoms with Crippen molar-refractivity contribution in [3.05, 3.63) is 35.4 Å². The lowest BCUT2D eigenvalue weighted by atomic mass is 10.1. The first-order valence-electron chi connectivity index (χ1n) is 6.65. The number of ether oxygens (including phenoxy) is 2. The van der Waals surface area contributed by atoms with Crippen LogP contribution >= 0.6 is 0 Å². The second kappa shape index (κ2) is 5.47. The number of benzene rings is 1. The molecule has 4 amide bonds. The lowest BCUT2D eigenvalue weighted by Crippen LogP contribution is -2.32. The van der Waals surface area contributed by atoms with Crippen LogP contribution in [0.2, 0.25) is 0 Å². The van der Waals surface area contributed by atoms with E-state index in [-0.39, 0.29) is 37.4 Å². The molecule has 22 heavy (non-hydrogen) atoms. The fourth-order valence-electron chi connectivity index (χ4n) is 2.22. The van der Waals surface area contributed by atoms with E-state index in [0.29, 0.717) is 0 Å². The van der Waals surface area contributed by atoms with Gasteiger partial charge in [0.15, 0.2) is 0 Å². The summed E-state index contributed by atoms with van der Waals surface area (Å²) in [7, 11) is 0. The Morgan fingerprint density at radius 2 is 1.14 bits per heavy atom. The minimum Gasteiger partial charge on any atom is -0.447 e. The van der Waals surface area contributed by atoms with Crippen LogP contribution in [0.3, 0.4) is 0 Å². The largest absolute Gasteiger partial charge is 0.447 e. The Morgan fingerprint density at radius 1 is 0.773 bits per heavy atom. The van der Waals surface area contributed by atoms with Gasteiger partial charge in [0.1, 0.15) is 13.2 Å². The quantitative estimate of drug-likeness (QED) is 0.805. The smallest absolute Gasteiger partial charge is 0.416 e. The molecule has 2 aliphatic rings. The van der Waals surface area contributed by atoms with Crippen molar-refractivity contribution >= 4 is 24.0 Å². The second-order valence-electron chi connectivity index (χ2n) is 4.72. The van der Waals surface area contributed by atoms with Crippen LogP contribution < -0.4 is 0 Å². The highest BCUT2D eigenvalue weighted by molar-refractivity contribution is 6.06. The van der Waals surface area contributed by atoms with Crippen molar-refractivity contribution in [2.45, 2.75) is 0 Å². The minimum absolute atomic E-state index is 0.179. The Hall–Kier alpha value is -2.90. The molecular weight excluding hydrogens is 292 g/mol. The molecule has 0 unspecified atom stereocenters. The van der Waals surface area contributed by atoms with E-state index in [9.17, 15) is 19.2 Å². The molecule has 0 atom stereocenters. The maximum absolute atomic E-state index is 12.1. The van der Waals surface area contributed by atoms with Gasteiger partial charge in [0.2, 0.25) is 0 Å². The highest BCUT2D eigenvalue weighted by Crippen LogP contribution is 2.14. The first kappa shape index (κ1) is 14.1. The maximum atomic E-state index is 12.1. The zero-order valence-electron chi connectivity index (χ0n) is 11.5. The zero-order chi connectivity index (χ0) is 15.7. The Balaban J connectivity index is 1.75. The van der Waals surface area contributed by atoms with Gasteiger partial charge in [-0.05, 0) is 24.3 Å². The van der Waals surface area contributed by atoms with Crippen LogP contribution in [0.5, 0.6) is 0 Å². The van der Waals surface area contributed by atoms with E-state index in [4.69, 9.17) is 9.47 Å². The van der Waals surface area contributed by atoms with Crippen molar-refractivity contribution in [2.24, 2.45) is 0 Å². The van der Waals surface area contributed by atoms with E-state index in [0.717, 1.165) is 9.80 Å². The third-order valence-electron chi connectivity index (χ3n) is 3.39. The molecule has 8 heteroatoms. The molecule has 114 valence electrons. The molecule has 2 heterocycles. The normalized spacial score (nSPS) is 17.5. The maximum Gasteiger partial charge on any atom is 0.416 e. The lowest BCUT2D eigenvalue weighted by Gasteiger charge is -2.12. The zero-order valence-corrected chi connectivity index (χ0v) is 11.5. The van der Waals surface area contributed by atoms with Crippen LogP contribution in [0.1, 0.15) is 20.7 Å². The van der Waals surface area contributed by atoms with Gasteiger partial charge < -0.3 is 9.47 Å². The number of nitrogens with zero attached hydrogens (tertiary/aromatic N) is 2. The molecule has 1 aromatic rings. The Bertz CT molecular complexity index is 597. The van der Waals surface area contributed by atoms with Crippen molar-refractivity contribution in [1.82, 2.24) is 9.80 Å². The molecule has 0 radical (unpaired) electrons. The number of hydrogen-bond acceptors (Lipinski definition) is 6. The molecule has 1 aromatic carbocycles. The molecule has 0 aromatic heterocycles. The first-order chi connectivity index (χ1) is 10.6. The van der Waals surface area contributed by atoms with Crippen molar-refractivity contribution in [3.8, 4) is 0 Å². The van der Waals surface area contributed by atoms with E-state index < -0.39 is 24.0 Å². The lowest BCUT2D eigenvalue weighted by molar-refractivity contribution is 0.0793. The number of rotatable bonds is 2. The van der Waals surface area contributed by atoms with Gasteiger partial charge in [0, 0.05) is 11.1 Å². The van der Waals surface area contributed by atoms with Gasteiger partial charge in [-0.2, -0.15) is 0 Å². The van der Waals surface area contributed by atoms with Gasteiger partial charge in [-0.3, -0.25) is 9.59 Å². The van der Waals surface area contributed by atoms with Crippen molar-refractivity contribution in [1.29, 1.82) is 0 Å². The standard InChI is InChI=1S/C14H12N2O6/c17-11(15-5-7-21-13(15)19)9-1-2-10(4-3-9)12(18)16-6-8-22-14(16)20/h1-4H,5-8H2. The fraction of sp³-hybridized carbons (Fsp3) is 0.286. The molecule has 0 saturated carbocycles. The summed E-state index contributed by atoms with van der Waals surface area (Å²) in [6, 6.07) is 5.73. The highest BCUT2D eigenvalue weighted by atomic mass is 16.6. The third-order valence-corrected chi connectivity index (χ3v) is 3.39. The monoisotopic (exact) mass is 304 g/mol. The molecule has 2 aliphatic heterocycles. The van der Waals surface area contributed by atoms with Crippen LogP contribution in [-0.2, 0) is 9.47 Å². The molecular formula is C14H12N2O6. The van der Waals surface area contributed by atoms with E-state index in [1.165, 1.54) is 24.3 Å². The molecule has 3 rings (SSSR count). The molecule has 0 aliphatic carbocycles. The summed E-state index contributed by atoms with van der Waals surface area (Å²) in [6.07, 6.45) is -1.35.